The highest BCUT2D eigenvalue weighted by Crippen LogP contribution is 2.36. The standard InChI is InChI=1S/C22H20F2N2OS/c23-17-5-8-20(24)19(15-17)21-9-12-26(13-14-28-21)22(27)16-3-6-18(7-4-16)25-10-1-2-11-25/h1-8,10-11,15,21H,9,12-14H2. The number of nitrogens with zero attached hydrogens (tertiary/aromatic N) is 2. The molecule has 0 N–H and O–H groups in total. The van der Waals surface area contributed by atoms with E-state index in [1.54, 1.807) is 16.7 Å². The number of carbonyl (C=O) groups is 1. The zero-order valence-corrected chi connectivity index (χ0v) is 16.0. The molecule has 0 radical (unpaired) electrons. The zero-order valence-electron chi connectivity index (χ0n) is 15.2. The molecule has 3 aromatic rings. The summed E-state index contributed by atoms with van der Waals surface area (Å²) in [5.41, 5.74) is 2.02. The molecule has 4 rings (SSSR count). The molecule has 1 atom stereocenters. The van der Waals surface area contributed by atoms with Gasteiger partial charge in [0.1, 0.15) is 11.6 Å². The summed E-state index contributed by atoms with van der Waals surface area (Å²) in [6.45, 7) is 1.11. The molecule has 3 nitrogen and oxygen atoms in total. The first-order valence-electron chi connectivity index (χ1n) is 9.21. The summed E-state index contributed by atoms with van der Waals surface area (Å²) in [7, 11) is 0. The highest BCUT2D eigenvalue weighted by molar-refractivity contribution is 7.99. The van der Waals surface area contributed by atoms with Gasteiger partial charge in [-0.3, -0.25) is 4.79 Å². The highest BCUT2D eigenvalue weighted by Gasteiger charge is 2.25. The Kier molecular flexibility index (Phi) is 5.48. The van der Waals surface area contributed by atoms with Crippen LogP contribution in [0.4, 0.5) is 8.78 Å². The van der Waals surface area contributed by atoms with E-state index in [2.05, 4.69) is 0 Å². The monoisotopic (exact) mass is 398 g/mol. The van der Waals surface area contributed by atoms with E-state index >= 15 is 0 Å². The quantitative estimate of drug-likeness (QED) is 0.615. The molecule has 0 aliphatic carbocycles. The topological polar surface area (TPSA) is 25.2 Å². The van der Waals surface area contributed by atoms with Gasteiger partial charge in [0, 0.05) is 53.3 Å². The van der Waals surface area contributed by atoms with Gasteiger partial charge in [-0.25, -0.2) is 8.78 Å². The Labute approximate surface area is 167 Å². The number of amides is 1. The van der Waals surface area contributed by atoms with Crippen LogP contribution < -0.4 is 0 Å². The molecule has 6 heteroatoms. The fraction of sp³-hybridized carbons (Fsp3) is 0.227. The predicted octanol–water partition coefficient (Wildman–Crippen LogP) is 5.08. The Balaban J connectivity index is 1.45. The van der Waals surface area contributed by atoms with Crippen molar-refractivity contribution < 1.29 is 13.6 Å². The Morgan fingerprint density at radius 3 is 2.50 bits per heavy atom. The highest BCUT2D eigenvalue weighted by atomic mass is 32.2. The molecule has 0 bridgehead atoms. The first kappa shape index (κ1) is 18.7. The summed E-state index contributed by atoms with van der Waals surface area (Å²) < 4.78 is 29.6. The minimum atomic E-state index is -0.433. The molecule has 0 saturated carbocycles. The molecule has 1 aliphatic heterocycles. The van der Waals surface area contributed by atoms with E-state index < -0.39 is 5.82 Å². The maximum Gasteiger partial charge on any atom is 0.253 e. The van der Waals surface area contributed by atoms with E-state index in [4.69, 9.17) is 0 Å². The first-order chi connectivity index (χ1) is 13.6. The average molecular weight is 398 g/mol. The number of halogens is 2. The Morgan fingerprint density at radius 1 is 1.00 bits per heavy atom. The Morgan fingerprint density at radius 2 is 1.75 bits per heavy atom. The van der Waals surface area contributed by atoms with Crippen molar-refractivity contribution in [2.45, 2.75) is 11.7 Å². The van der Waals surface area contributed by atoms with Crippen LogP contribution in [0.1, 0.15) is 27.6 Å². The smallest absolute Gasteiger partial charge is 0.253 e. The Hall–Kier alpha value is -2.60. The molecule has 0 spiro atoms. The zero-order chi connectivity index (χ0) is 19.5. The van der Waals surface area contributed by atoms with Crippen molar-refractivity contribution in [3.05, 3.63) is 89.8 Å². The fourth-order valence-corrected chi connectivity index (χ4v) is 4.69. The second kappa shape index (κ2) is 8.19. The lowest BCUT2D eigenvalue weighted by molar-refractivity contribution is 0.0766. The van der Waals surface area contributed by atoms with E-state index in [-0.39, 0.29) is 17.0 Å². The molecule has 1 saturated heterocycles. The summed E-state index contributed by atoms with van der Waals surface area (Å²) in [5, 5.41) is -0.149. The Bertz CT molecular complexity index is 957. The number of hydrogen-bond acceptors (Lipinski definition) is 2. The SMILES string of the molecule is O=C(c1ccc(-n2cccc2)cc1)N1CCSC(c2cc(F)ccc2F)CC1. The van der Waals surface area contributed by atoms with Crippen LogP contribution in [0, 0.1) is 11.6 Å². The van der Waals surface area contributed by atoms with Gasteiger partial charge < -0.3 is 9.47 Å². The van der Waals surface area contributed by atoms with Crippen LogP contribution in [-0.2, 0) is 0 Å². The number of hydrogen-bond donors (Lipinski definition) is 0. The molecule has 1 unspecified atom stereocenters. The maximum absolute atomic E-state index is 14.1. The number of carbonyl (C=O) groups excluding carboxylic acids is 1. The third-order valence-electron chi connectivity index (χ3n) is 4.95. The lowest BCUT2D eigenvalue weighted by Gasteiger charge is -2.20. The van der Waals surface area contributed by atoms with Gasteiger partial charge in [0.2, 0.25) is 0 Å². The third-order valence-corrected chi connectivity index (χ3v) is 6.26. The van der Waals surface area contributed by atoms with Gasteiger partial charge in [0.25, 0.3) is 5.91 Å². The first-order valence-corrected chi connectivity index (χ1v) is 10.3. The van der Waals surface area contributed by atoms with Crippen LogP contribution in [0.25, 0.3) is 5.69 Å². The van der Waals surface area contributed by atoms with Crippen LogP contribution in [0.15, 0.2) is 67.0 Å². The minimum Gasteiger partial charge on any atom is -0.338 e. The maximum atomic E-state index is 14.1. The summed E-state index contributed by atoms with van der Waals surface area (Å²) in [5.74, 6) is -0.162. The van der Waals surface area contributed by atoms with E-state index in [1.807, 2.05) is 53.4 Å². The molecule has 2 heterocycles. The van der Waals surface area contributed by atoms with Crippen LogP contribution in [-0.4, -0.2) is 34.2 Å². The molecule has 28 heavy (non-hydrogen) atoms. The van der Waals surface area contributed by atoms with Gasteiger partial charge in [-0.2, -0.15) is 11.8 Å². The van der Waals surface area contributed by atoms with Crippen molar-refractivity contribution in [1.29, 1.82) is 0 Å². The second-order valence-corrected chi connectivity index (χ2v) is 8.05. The summed E-state index contributed by atoms with van der Waals surface area (Å²) in [4.78, 5) is 14.7. The normalized spacial score (nSPS) is 17.4. The van der Waals surface area contributed by atoms with Crippen molar-refractivity contribution in [2.24, 2.45) is 0 Å². The number of aromatic nitrogens is 1. The summed E-state index contributed by atoms with van der Waals surface area (Å²) in [6.07, 6.45) is 4.50. The van der Waals surface area contributed by atoms with Crippen LogP contribution in [0.3, 0.4) is 0 Å². The van der Waals surface area contributed by atoms with Crippen molar-refractivity contribution in [2.75, 3.05) is 18.8 Å². The van der Waals surface area contributed by atoms with Crippen LogP contribution >= 0.6 is 11.8 Å². The molecule has 144 valence electrons. The fourth-order valence-electron chi connectivity index (χ4n) is 3.45. The number of thioether (sulfide) groups is 1. The van der Waals surface area contributed by atoms with E-state index in [0.717, 1.165) is 11.8 Å². The van der Waals surface area contributed by atoms with Gasteiger partial charge in [-0.1, -0.05) is 0 Å². The summed E-state index contributed by atoms with van der Waals surface area (Å²) in [6, 6.07) is 15.0. The summed E-state index contributed by atoms with van der Waals surface area (Å²) >= 11 is 1.57. The third kappa shape index (κ3) is 3.97. The molecule has 1 amide bonds. The lowest BCUT2D eigenvalue weighted by Crippen LogP contribution is -2.32. The number of benzene rings is 2. The second-order valence-electron chi connectivity index (χ2n) is 6.74. The van der Waals surface area contributed by atoms with Gasteiger partial charge in [0.15, 0.2) is 0 Å². The predicted molar refractivity (Wildman–Crippen MR) is 108 cm³/mol. The average Bonchev–Trinajstić information content (AvgIpc) is 3.14. The molecule has 2 aromatic carbocycles. The van der Waals surface area contributed by atoms with E-state index in [9.17, 15) is 13.6 Å². The van der Waals surface area contributed by atoms with Gasteiger partial charge >= 0.3 is 0 Å². The van der Waals surface area contributed by atoms with Crippen molar-refractivity contribution >= 4 is 17.7 Å². The molecule has 1 aliphatic rings. The van der Waals surface area contributed by atoms with E-state index in [1.165, 1.54) is 12.1 Å². The minimum absolute atomic E-state index is 0.0278. The largest absolute Gasteiger partial charge is 0.338 e. The van der Waals surface area contributed by atoms with Gasteiger partial charge in [-0.05, 0) is 61.0 Å². The van der Waals surface area contributed by atoms with Crippen molar-refractivity contribution in [1.82, 2.24) is 9.47 Å². The van der Waals surface area contributed by atoms with Crippen LogP contribution in [0.5, 0.6) is 0 Å². The molecule has 1 fully saturated rings. The van der Waals surface area contributed by atoms with Crippen molar-refractivity contribution in [3.8, 4) is 5.69 Å². The van der Waals surface area contributed by atoms with Gasteiger partial charge in [-0.15, -0.1) is 0 Å². The van der Waals surface area contributed by atoms with Gasteiger partial charge in [0.05, 0.1) is 0 Å². The van der Waals surface area contributed by atoms with Crippen LogP contribution in [0.2, 0.25) is 0 Å². The number of rotatable bonds is 3. The molecular formula is C22H20F2N2OS. The van der Waals surface area contributed by atoms with Crippen molar-refractivity contribution in [3.63, 3.8) is 0 Å². The lowest BCUT2D eigenvalue weighted by atomic mass is 10.1. The molecular weight excluding hydrogens is 378 g/mol. The molecule has 1 aromatic heterocycles. The van der Waals surface area contributed by atoms with E-state index in [0.29, 0.717) is 36.4 Å².